The van der Waals surface area contributed by atoms with E-state index in [1.165, 1.54) is 5.56 Å². The summed E-state index contributed by atoms with van der Waals surface area (Å²) in [7, 11) is 0. The number of hydrogen-bond donors (Lipinski definition) is 0. The van der Waals surface area contributed by atoms with Gasteiger partial charge in [-0.2, -0.15) is 5.10 Å². The Morgan fingerprint density at radius 2 is 2.11 bits per heavy atom. The molecule has 0 saturated heterocycles. The summed E-state index contributed by atoms with van der Waals surface area (Å²) in [5, 5.41) is 4.46. The fourth-order valence-electron chi connectivity index (χ4n) is 2.86. The van der Waals surface area contributed by atoms with E-state index >= 15 is 0 Å². The van der Waals surface area contributed by atoms with Gasteiger partial charge in [0.25, 0.3) is 0 Å². The third-order valence-electron chi connectivity index (χ3n) is 3.85. The van der Waals surface area contributed by atoms with Crippen molar-refractivity contribution in [2.75, 3.05) is 0 Å². The monoisotopic (exact) mass is 254 g/mol. The normalized spacial score (nSPS) is 18.4. The number of carbonyl (C=O) groups is 1. The lowest BCUT2D eigenvalue weighted by molar-refractivity contribution is 0.0952. The Kier molecular flexibility index (Phi) is 2.97. The molecule has 0 spiro atoms. The van der Waals surface area contributed by atoms with E-state index < -0.39 is 0 Å². The molecule has 1 aromatic heterocycles. The lowest BCUT2D eigenvalue weighted by Gasteiger charge is -2.19. The van der Waals surface area contributed by atoms with E-state index in [0.29, 0.717) is 12.3 Å². The summed E-state index contributed by atoms with van der Waals surface area (Å²) < 4.78 is 1.96. The van der Waals surface area contributed by atoms with Crippen LogP contribution in [0.4, 0.5) is 0 Å². The number of hydrogen-bond acceptors (Lipinski definition) is 2. The van der Waals surface area contributed by atoms with Gasteiger partial charge in [-0.05, 0) is 30.4 Å². The fourth-order valence-corrected chi connectivity index (χ4v) is 2.86. The predicted molar refractivity (Wildman–Crippen MR) is 74.8 cm³/mol. The number of benzene rings is 1. The van der Waals surface area contributed by atoms with E-state index in [9.17, 15) is 4.79 Å². The molecule has 0 fully saturated rings. The van der Waals surface area contributed by atoms with Gasteiger partial charge in [0.2, 0.25) is 0 Å². The van der Waals surface area contributed by atoms with Crippen LogP contribution in [0.5, 0.6) is 0 Å². The molecule has 0 amide bonds. The van der Waals surface area contributed by atoms with Gasteiger partial charge >= 0.3 is 0 Å². The summed E-state index contributed by atoms with van der Waals surface area (Å²) in [6, 6.07) is 8.27. The van der Waals surface area contributed by atoms with E-state index in [2.05, 4.69) is 31.1 Å². The second kappa shape index (κ2) is 4.65. The molecule has 0 unspecified atom stereocenters. The average Bonchev–Trinajstić information content (AvgIpc) is 2.82. The molecule has 98 valence electrons. The minimum Gasteiger partial charge on any atom is -0.294 e. The van der Waals surface area contributed by atoms with Crippen molar-refractivity contribution in [1.29, 1.82) is 0 Å². The number of fused-ring (bicyclic) bond motifs is 1. The lowest BCUT2D eigenvalue weighted by Crippen LogP contribution is -2.19. The molecule has 1 atom stereocenters. The van der Waals surface area contributed by atoms with E-state index in [4.69, 9.17) is 0 Å². The fraction of sp³-hybridized carbons (Fsp3) is 0.375. The Bertz CT molecular complexity index is 627. The highest BCUT2D eigenvalue weighted by atomic mass is 16.1. The summed E-state index contributed by atoms with van der Waals surface area (Å²) in [6.07, 6.45) is 4.28. The maximum atomic E-state index is 12.0. The number of aromatic nitrogens is 2. The number of rotatable bonds is 2. The molecule has 0 radical (unpaired) electrons. The Balaban J connectivity index is 2.15. The summed E-state index contributed by atoms with van der Waals surface area (Å²) >= 11 is 0. The third-order valence-corrected chi connectivity index (χ3v) is 3.85. The minimum absolute atomic E-state index is 0.231. The van der Waals surface area contributed by atoms with Crippen LogP contribution in [0.2, 0.25) is 0 Å². The van der Waals surface area contributed by atoms with Gasteiger partial charge in [-0.25, -0.2) is 4.68 Å². The molecular formula is C16H18N2O. The topological polar surface area (TPSA) is 34.9 Å². The van der Waals surface area contributed by atoms with Crippen molar-refractivity contribution in [2.24, 2.45) is 5.92 Å². The molecule has 1 aromatic carbocycles. The molecule has 19 heavy (non-hydrogen) atoms. The van der Waals surface area contributed by atoms with Gasteiger partial charge in [-0.15, -0.1) is 0 Å². The van der Waals surface area contributed by atoms with Gasteiger partial charge in [0.05, 0.1) is 23.1 Å². The van der Waals surface area contributed by atoms with Gasteiger partial charge in [0, 0.05) is 6.42 Å². The first-order chi connectivity index (χ1) is 9.20. The summed E-state index contributed by atoms with van der Waals surface area (Å²) in [6.45, 7) is 4.27. The Morgan fingerprint density at radius 1 is 1.32 bits per heavy atom. The van der Waals surface area contributed by atoms with Crippen LogP contribution < -0.4 is 0 Å². The molecule has 0 saturated carbocycles. The van der Waals surface area contributed by atoms with E-state index in [1.807, 2.05) is 16.8 Å². The first-order valence-electron chi connectivity index (χ1n) is 6.89. The Hall–Kier alpha value is -1.90. The molecule has 1 aliphatic carbocycles. The highest BCUT2D eigenvalue weighted by molar-refractivity contribution is 5.98. The van der Waals surface area contributed by atoms with Crippen molar-refractivity contribution >= 4 is 5.78 Å². The summed E-state index contributed by atoms with van der Waals surface area (Å²) in [5.74, 6) is 0.637. The molecule has 1 heterocycles. The van der Waals surface area contributed by atoms with Crippen molar-refractivity contribution in [2.45, 2.75) is 33.1 Å². The zero-order valence-electron chi connectivity index (χ0n) is 11.4. The molecule has 0 N–H and O–H groups in total. The first-order valence-corrected chi connectivity index (χ1v) is 6.89. The number of Topliss-reactive ketones (excluding diaryl/α,β-unsaturated/α-hetero) is 1. The summed E-state index contributed by atoms with van der Waals surface area (Å²) in [5.41, 5.74) is 4.25. The van der Waals surface area contributed by atoms with Crippen molar-refractivity contribution in [1.82, 2.24) is 9.78 Å². The maximum Gasteiger partial charge on any atom is 0.166 e. The second-order valence-electron chi connectivity index (χ2n) is 5.34. The number of carbonyl (C=O) groups excluding carboxylic acids is 1. The van der Waals surface area contributed by atoms with Crippen LogP contribution in [0.25, 0.3) is 5.69 Å². The van der Waals surface area contributed by atoms with Crippen LogP contribution in [0.3, 0.4) is 0 Å². The standard InChI is InChI=1S/C16H18N2O/c1-3-12-6-4-5-7-14(12)18-15-8-11(2)9-16(19)13(15)10-17-18/h4-7,10-11H,3,8-9H2,1-2H3/t11-/m0/s1. The SMILES string of the molecule is CCc1ccccc1-n1ncc2c1C[C@H](C)CC2=O. The molecule has 0 aliphatic heterocycles. The molecule has 3 heteroatoms. The van der Waals surface area contributed by atoms with E-state index in [1.54, 1.807) is 6.20 Å². The zero-order valence-corrected chi connectivity index (χ0v) is 11.4. The highest BCUT2D eigenvalue weighted by Crippen LogP contribution is 2.28. The number of nitrogens with zero attached hydrogens (tertiary/aromatic N) is 2. The van der Waals surface area contributed by atoms with Gasteiger partial charge in [0.1, 0.15) is 0 Å². The van der Waals surface area contributed by atoms with E-state index in [-0.39, 0.29) is 5.78 Å². The molecular weight excluding hydrogens is 236 g/mol. The first kappa shape index (κ1) is 12.2. The lowest BCUT2D eigenvalue weighted by atomic mass is 9.88. The predicted octanol–water partition coefficient (Wildman–Crippen LogP) is 3.20. The minimum atomic E-state index is 0.231. The van der Waals surface area contributed by atoms with Gasteiger partial charge in [-0.3, -0.25) is 4.79 Å². The van der Waals surface area contributed by atoms with Crippen LogP contribution in [-0.4, -0.2) is 15.6 Å². The molecule has 0 bridgehead atoms. The number of aryl methyl sites for hydroxylation is 1. The highest BCUT2D eigenvalue weighted by Gasteiger charge is 2.27. The van der Waals surface area contributed by atoms with Gasteiger partial charge in [-0.1, -0.05) is 32.0 Å². The van der Waals surface area contributed by atoms with Crippen molar-refractivity contribution in [3.8, 4) is 5.69 Å². The van der Waals surface area contributed by atoms with Gasteiger partial charge in [0.15, 0.2) is 5.78 Å². The molecule has 1 aliphatic rings. The summed E-state index contributed by atoms with van der Waals surface area (Å²) in [4.78, 5) is 12.0. The zero-order chi connectivity index (χ0) is 13.4. The van der Waals surface area contributed by atoms with Crippen LogP contribution in [0.1, 0.15) is 41.9 Å². The quantitative estimate of drug-likeness (QED) is 0.825. The Labute approximate surface area is 113 Å². The Morgan fingerprint density at radius 3 is 2.89 bits per heavy atom. The van der Waals surface area contributed by atoms with Crippen molar-refractivity contribution in [3.63, 3.8) is 0 Å². The average molecular weight is 254 g/mol. The van der Waals surface area contributed by atoms with Crippen LogP contribution >= 0.6 is 0 Å². The molecule has 3 rings (SSSR count). The largest absolute Gasteiger partial charge is 0.294 e. The van der Waals surface area contributed by atoms with Crippen LogP contribution in [0.15, 0.2) is 30.5 Å². The van der Waals surface area contributed by atoms with Crippen LogP contribution in [-0.2, 0) is 12.8 Å². The van der Waals surface area contributed by atoms with Crippen LogP contribution in [0, 0.1) is 5.92 Å². The van der Waals surface area contributed by atoms with Crippen molar-refractivity contribution < 1.29 is 4.79 Å². The van der Waals surface area contributed by atoms with E-state index in [0.717, 1.165) is 29.8 Å². The van der Waals surface area contributed by atoms with Crippen molar-refractivity contribution in [3.05, 3.63) is 47.3 Å². The van der Waals surface area contributed by atoms with Gasteiger partial charge < -0.3 is 0 Å². The number of para-hydroxylation sites is 1. The maximum absolute atomic E-state index is 12.0. The molecule has 3 nitrogen and oxygen atoms in total. The number of ketones is 1. The molecule has 2 aromatic rings. The third kappa shape index (κ3) is 1.99. The smallest absolute Gasteiger partial charge is 0.166 e. The second-order valence-corrected chi connectivity index (χ2v) is 5.34.